The van der Waals surface area contributed by atoms with E-state index in [1.54, 1.807) is 13.2 Å². The molecule has 1 aliphatic rings. The van der Waals surface area contributed by atoms with Gasteiger partial charge >= 0.3 is 0 Å². The van der Waals surface area contributed by atoms with E-state index in [0.717, 1.165) is 35.6 Å². The standard InChI is InChI=1S/C20H25N3O3S/c1-3-4-5-12-26-16-10-6-14(13-17(16)25-2)7-11-18(24)21-20-23-22-19(27-20)15-8-9-15/h6-7,10-11,13,15H,3-5,8-9,12H2,1-2H3,(H,21,23,24)/b11-7+. The van der Waals surface area contributed by atoms with Crippen molar-refractivity contribution in [1.29, 1.82) is 0 Å². The molecule has 1 aliphatic carbocycles. The van der Waals surface area contributed by atoms with Crippen molar-refractivity contribution in [2.45, 2.75) is 44.9 Å². The summed E-state index contributed by atoms with van der Waals surface area (Å²) in [6, 6.07) is 5.63. The molecule has 0 unspecified atom stereocenters. The molecular weight excluding hydrogens is 362 g/mol. The predicted molar refractivity (Wildman–Crippen MR) is 108 cm³/mol. The Morgan fingerprint density at radius 1 is 1.30 bits per heavy atom. The number of benzene rings is 1. The number of nitrogens with one attached hydrogen (secondary N) is 1. The number of ether oxygens (including phenoxy) is 2. The summed E-state index contributed by atoms with van der Waals surface area (Å²) in [7, 11) is 1.61. The van der Waals surface area contributed by atoms with Gasteiger partial charge in [-0.3, -0.25) is 10.1 Å². The second-order valence-corrected chi connectivity index (χ2v) is 7.52. The molecule has 27 heavy (non-hydrogen) atoms. The minimum Gasteiger partial charge on any atom is -0.493 e. The lowest BCUT2D eigenvalue weighted by Crippen LogP contribution is -2.07. The number of hydrogen-bond donors (Lipinski definition) is 1. The van der Waals surface area contributed by atoms with Crippen molar-refractivity contribution >= 4 is 28.5 Å². The second-order valence-electron chi connectivity index (χ2n) is 6.51. The molecule has 0 saturated heterocycles. The third kappa shape index (κ3) is 5.79. The molecule has 1 heterocycles. The maximum Gasteiger partial charge on any atom is 0.250 e. The lowest BCUT2D eigenvalue weighted by molar-refractivity contribution is -0.111. The summed E-state index contributed by atoms with van der Waals surface area (Å²) in [5.41, 5.74) is 0.860. The average molecular weight is 388 g/mol. The van der Waals surface area contributed by atoms with Crippen LogP contribution in [-0.2, 0) is 4.79 Å². The Hall–Kier alpha value is -2.41. The second kappa shape index (κ2) is 9.50. The van der Waals surface area contributed by atoms with Crippen molar-refractivity contribution in [2.75, 3.05) is 19.0 Å². The molecule has 3 rings (SSSR count). The Morgan fingerprint density at radius 2 is 2.15 bits per heavy atom. The summed E-state index contributed by atoms with van der Waals surface area (Å²) in [4.78, 5) is 12.1. The molecule has 0 radical (unpaired) electrons. The van der Waals surface area contributed by atoms with E-state index < -0.39 is 0 Å². The SMILES string of the molecule is CCCCCOc1ccc(/C=C/C(=O)Nc2nnc(C3CC3)s2)cc1OC. The predicted octanol–water partition coefficient (Wildman–Crippen LogP) is 4.65. The molecular formula is C20H25N3O3S. The van der Waals surface area contributed by atoms with Crippen LogP contribution in [0.1, 0.15) is 55.5 Å². The smallest absolute Gasteiger partial charge is 0.250 e. The first-order valence-corrected chi connectivity index (χ1v) is 10.1. The van der Waals surface area contributed by atoms with Crippen LogP contribution in [0.4, 0.5) is 5.13 Å². The van der Waals surface area contributed by atoms with Gasteiger partial charge in [0.25, 0.3) is 0 Å². The first-order chi connectivity index (χ1) is 13.2. The van der Waals surface area contributed by atoms with Crippen LogP contribution in [0.5, 0.6) is 11.5 Å². The monoisotopic (exact) mass is 387 g/mol. The quantitative estimate of drug-likeness (QED) is 0.475. The highest BCUT2D eigenvalue weighted by molar-refractivity contribution is 7.15. The van der Waals surface area contributed by atoms with Crippen molar-refractivity contribution < 1.29 is 14.3 Å². The number of aromatic nitrogens is 2. The van der Waals surface area contributed by atoms with Gasteiger partial charge in [0.15, 0.2) is 11.5 Å². The highest BCUT2D eigenvalue weighted by atomic mass is 32.1. The van der Waals surface area contributed by atoms with Crippen LogP contribution in [0.2, 0.25) is 0 Å². The van der Waals surface area contributed by atoms with E-state index in [1.165, 1.54) is 30.3 Å². The molecule has 0 spiro atoms. The molecule has 6 nitrogen and oxygen atoms in total. The number of unbranched alkanes of at least 4 members (excludes halogenated alkanes) is 2. The number of nitrogens with zero attached hydrogens (tertiary/aromatic N) is 2. The van der Waals surface area contributed by atoms with Crippen molar-refractivity contribution in [3.63, 3.8) is 0 Å². The zero-order valence-electron chi connectivity index (χ0n) is 15.7. The minimum absolute atomic E-state index is 0.229. The molecule has 1 aromatic heterocycles. The highest BCUT2D eigenvalue weighted by Crippen LogP contribution is 2.42. The van der Waals surface area contributed by atoms with Crippen LogP contribution in [0.25, 0.3) is 6.08 Å². The van der Waals surface area contributed by atoms with Crippen LogP contribution < -0.4 is 14.8 Å². The van der Waals surface area contributed by atoms with Gasteiger partial charge in [-0.1, -0.05) is 37.2 Å². The third-order valence-corrected chi connectivity index (χ3v) is 5.22. The van der Waals surface area contributed by atoms with Crippen molar-refractivity contribution in [1.82, 2.24) is 10.2 Å². The van der Waals surface area contributed by atoms with Crippen molar-refractivity contribution in [3.05, 3.63) is 34.8 Å². The molecule has 0 atom stereocenters. The van der Waals surface area contributed by atoms with E-state index in [2.05, 4.69) is 22.4 Å². The molecule has 1 N–H and O–H groups in total. The van der Waals surface area contributed by atoms with Crippen LogP contribution in [-0.4, -0.2) is 29.8 Å². The Morgan fingerprint density at radius 3 is 2.89 bits per heavy atom. The highest BCUT2D eigenvalue weighted by Gasteiger charge is 2.27. The molecule has 2 aromatic rings. The van der Waals surface area contributed by atoms with E-state index in [1.807, 2.05) is 18.2 Å². The largest absolute Gasteiger partial charge is 0.493 e. The minimum atomic E-state index is -0.229. The number of carbonyl (C=O) groups excluding carboxylic acids is 1. The van der Waals surface area contributed by atoms with Gasteiger partial charge in [0.05, 0.1) is 13.7 Å². The van der Waals surface area contributed by atoms with Gasteiger partial charge in [0.2, 0.25) is 11.0 Å². The summed E-state index contributed by atoms with van der Waals surface area (Å²) in [5, 5.41) is 12.4. The van der Waals surface area contributed by atoms with Crippen molar-refractivity contribution in [3.8, 4) is 11.5 Å². The van der Waals surface area contributed by atoms with Gasteiger partial charge in [0, 0.05) is 12.0 Å². The maximum atomic E-state index is 12.1. The summed E-state index contributed by atoms with van der Waals surface area (Å²) >= 11 is 1.45. The fourth-order valence-corrected chi connectivity index (χ4v) is 3.46. The first-order valence-electron chi connectivity index (χ1n) is 9.33. The molecule has 144 valence electrons. The topological polar surface area (TPSA) is 73.3 Å². The van der Waals surface area contributed by atoms with E-state index in [4.69, 9.17) is 9.47 Å². The summed E-state index contributed by atoms with van der Waals surface area (Å²) < 4.78 is 11.2. The maximum absolute atomic E-state index is 12.1. The van der Waals surface area contributed by atoms with E-state index >= 15 is 0 Å². The summed E-state index contributed by atoms with van der Waals surface area (Å²) in [6.07, 6.45) is 8.89. The number of methoxy groups -OCH3 is 1. The fourth-order valence-electron chi connectivity index (χ4n) is 2.54. The van der Waals surface area contributed by atoms with Crippen LogP contribution in [0.15, 0.2) is 24.3 Å². The Bertz CT molecular complexity index is 800. The average Bonchev–Trinajstić information content (AvgIpc) is 3.43. The molecule has 1 fully saturated rings. The van der Waals surface area contributed by atoms with Gasteiger partial charge in [-0.25, -0.2) is 0 Å². The number of anilines is 1. The van der Waals surface area contributed by atoms with E-state index in [0.29, 0.717) is 23.4 Å². The zero-order chi connectivity index (χ0) is 19.1. The fraction of sp³-hybridized carbons (Fsp3) is 0.450. The number of carbonyl (C=O) groups is 1. The molecule has 1 saturated carbocycles. The number of rotatable bonds is 10. The van der Waals surface area contributed by atoms with Gasteiger partial charge in [-0.05, 0) is 43.0 Å². The molecule has 0 bridgehead atoms. The molecule has 1 aromatic carbocycles. The van der Waals surface area contributed by atoms with Crippen LogP contribution >= 0.6 is 11.3 Å². The van der Waals surface area contributed by atoms with Gasteiger partial charge in [-0.15, -0.1) is 10.2 Å². The van der Waals surface area contributed by atoms with Gasteiger partial charge in [0.1, 0.15) is 5.01 Å². The summed E-state index contributed by atoms with van der Waals surface area (Å²) in [6.45, 7) is 2.83. The molecule has 7 heteroatoms. The lowest BCUT2D eigenvalue weighted by atomic mass is 10.2. The zero-order valence-corrected chi connectivity index (χ0v) is 16.6. The number of hydrogen-bond acceptors (Lipinski definition) is 6. The normalized spacial score (nSPS) is 13.7. The van der Waals surface area contributed by atoms with Gasteiger partial charge < -0.3 is 9.47 Å². The molecule has 1 amide bonds. The third-order valence-electron chi connectivity index (χ3n) is 4.22. The Balaban J connectivity index is 1.55. The van der Waals surface area contributed by atoms with Crippen LogP contribution in [0, 0.1) is 0 Å². The first kappa shape index (κ1) is 19.4. The lowest BCUT2D eigenvalue weighted by Gasteiger charge is -2.11. The number of amides is 1. The van der Waals surface area contributed by atoms with Crippen molar-refractivity contribution in [2.24, 2.45) is 0 Å². The van der Waals surface area contributed by atoms with E-state index in [9.17, 15) is 4.79 Å². The Kier molecular flexibility index (Phi) is 6.81. The van der Waals surface area contributed by atoms with E-state index in [-0.39, 0.29) is 5.91 Å². The summed E-state index contributed by atoms with van der Waals surface area (Å²) in [5.74, 6) is 1.69. The van der Waals surface area contributed by atoms with Gasteiger partial charge in [-0.2, -0.15) is 0 Å². The molecule has 0 aliphatic heterocycles. The van der Waals surface area contributed by atoms with Crippen LogP contribution in [0.3, 0.4) is 0 Å². The Labute approximate surface area is 163 Å².